The van der Waals surface area contributed by atoms with Crippen LogP contribution in [0, 0.1) is 23.1 Å². The average molecular weight is 249 g/mol. The first-order chi connectivity index (χ1) is 8.62. The van der Waals surface area contributed by atoms with Crippen molar-refractivity contribution >= 4 is 11.6 Å². The molecule has 96 valence electrons. The number of amides is 1. The molecule has 1 atom stereocenters. The maximum atomic E-state index is 13.6. The molecule has 1 aromatic rings. The van der Waals surface area contributed by atoms with Gasteiger partial charge in [0.15, 0.2) is 0 Å². The van der Waals surface area contributed by atoms with Crippen molar-refractivity contribution in [3.63, 3.8) is 0 Å². The van der Waals surface area contributed by atoms with E-state index in [0.717, 1.165) is 12.5 Å². The zero-order valence-electron chi connectivity index (χ0n) is 10.2. The molecule has 1 rings (SSSR count). The van der Waals surface area contributed by atoms with Gasteiger partial charge in [-0.3, -0.25) is 4.79 Å². The fourth-order valence-corrected chi connectivity index (χ4v) is 1.63. The van der Waals surface area contributed by atoms with Gasteiger partial charge >= 0.3 is 0 Å². The van der Waals surface area contributed by atoms with Crippen molar-refractivity contribution < 1.29 is 9.18 Å². The van der Waals surface area contributed by atoms with Crippen LogP contribution in [0.2, 0.25) is 0 Å². The first kappa shape index (κ1) is 14.1. The third-order valence-corrected chi connectivity index (χ3v) is 2.65. The number of carbonyl (C=O) groups is 1. The van der Waals surface area contributed by atoms with Gasteiger partial charge < -0.3 is 11.1 Å². The number of nitrogens with one attached hydrogen (secondary N) is 1. The van der Waals surface area contributed by atoms with Gasteiger partial charge in [-0.05, 0) is 24.6 Å². The summed E-state index contributed by atoms with van der Waals surface area (Å²) < 4.78 is 13.6. The number of carbonyl (C=O) groups excluding carboxylic acids is 1. The lowest BCUT2D eigenvalue weighted by Crippen LogP contribution is -2.29. The molecule has 18 heavy (non-hydrogen) atoms. The van der Waals surface area contributed by atoms with E-state index < -0.39 is 5.82 Å². The van der Waals surface area contributed by atoms with Crippen molar-refractivity contribution in [2.45, 2.75) is 19.8 Å². The van der Waals surface area contributed by atoms with Crippen LogP contribution in [0.1, 0.15) is 25.3 Å². The highest BCUT2D eigenvalue weighted by molar-refractivity contribution is 5.92. The molecular weight excluding hydrogens is 233 g/mol. The highest BCUT2D eigenvalue weighted by atomic mass is 19.1. The molecule has 1 amide bonds. The van der Waals surface area contributed by atoms with Crippen LogP contribution in [0.15, 0.2) is 18.2 Å². The van der Waals surface area contributed by atoms with Crippen LogP contribution >= 0.6 is 0 Å². The van der Waals surface area contributed by atoms with Gasteiger partial charge in [0.1, 0.15) is 5.82 Å². The van der Waals surface area contributed by atoms with Crippen molar-refractivity contribution in [3.8, 4) is 6.07 Å². The molecule has 3 N–H and O–H groups in total. The molecule has 0 heterocycles. The van der Waals surface area contributed by atoms with Gasteiger partial charge in [0.25, 0.3) is 0 Å². The SMILES string of the molecule is CCCC(CN)C(=O)Nc1ccc(C#N)cc1F. The smallest absolute Gasteiger partial charge is 0.228 e. The van der Waals surface area contributed by atoms with E-state index in [-0.39, 0.29) is 29.6 Å². The summed E-state index contributed by atoms with van der Waals surface area (Å²) >= 11 is 0. The van der Waals surface area contributed by atoms with Crippen LogP contribution in [0.3, 0.4) is 0 Å². The van der Waals surface area contributed by atoms with Gasteiger partial charge in [0.2, 0.25) is 5.91 Å². The first-order valence-electron chi connectivity index (χ1n) is 5.83. The number of anilines is 1. The van der Waals surface area contributed by atoms with Crippen LogP contribution in [0.5, 0.6) is 0 Å². The van der Waals surface area contributed by atoms with Crippen molar-refractivity contribution in [3.05, 3.63) is 29.6 Å². The Morgan fingerprint density at radius 1 is 1.61 bits per heavy atom. The summed E-state index contributed by atoms with van der Waals surface area (Å²) in [4.78, 5) is 11.8. The van der Waals surface area contributed by atoms with E-state index in [4.69, 9.17) is 11.0 Å². The monoisotopic (exact) mass is 249 g/mol. The molecule has 0 aliphatic carbocycles. The predicted molar refractivity (Wildman–Crippen MR) is 67.2 cm³/mol. The Morgan fingerprint density at radius 3 is 2.83 bits per heavy atom. The predicted octanol–water partition coefficient (Wildman–Crippen LogP) is 2.01. The molecule has 0 radical (unpaired) electrons. The summed E-state index contributed by atoms with van der Waals surface area (Å²) in [5.74, 6) is -1.22. The lowest BCUT2D eigenvalue weighted by atomic mass is 10.0. The first-order valence-corrected chi connectivity index (χ1v) is 5.83. The Balaban J connectivity index is 2.78. The van der Waals surface area contributed by atoms with Gasteiger partial charge in [-0.1, -0.05) is 13.3 Å². The molecule has 0 saturated heterocycles. The minimum Gasteiger partial charge on any atom is -0.330 e. The minimum absolute atomic E-state index is 0.0774. The lowest BCUT2D eigenvalue weighted by Gasteiger charge is -2.14. The highest BCUT2D eigenvalue weighted by Crippen LogP contribution is 2.17. The van der Waals surface area contributed by atoms with Crippen molar-refractivity contribution in [1.29, 1.82) is 5.26 Å². The fourth-order valence-electron chi connectivity index (χ4n) is 1.63. The Labute approximate surface area is 106 Å². The van der Waals surface area contributed by atoms with E-state index in [2.05, 4.69) is 5.32 Å². The fraction of sp³-hybridized carbons (Fsp3) is 0.385. The second-order valence-corrected chi connectivity index (χ2v) is 4.02. The van der Waals surface area contributed by atoms with Crippen molar-refractivity contribution in [1.82, 2.24) is 0 Å². The van der Waals surface area contributed by atoms with Gasteiger partial charge in [-0.15, -0.1) is 0 Å². The van der Waals surface area contributed by atoms with E-state index in [0.29, 0.717) is 6.42 Å². The average Bonchev–Trinajstić information content (AvgIpc) is 2.38. The van der Waals surface area contributed by atoms with Crippen molar-refractivity contribution in [2.24, 2.45) is 11.7 Å². The largest absolute Gasteiger partial charge is 0.330 e. The molecule has 0 bridgehead atoms. The number of halogens is 1. The summed E-state index contributed by atoms with van der Waals surface area (Å²) in [6.07, 6.45) is 1.51. The van der Waals surface area contributed by atoms with E-state index in [9.17, 15) is 9.18 Å². The lowest BCUT2D eigenvalue weighted by molar-refractivity contribution is -0.119. The zero-order valence-corrected chi connectivity index (χ0v) is 10.2. The van der Waals surface area contributed by atoms with E-state index in [1.807, 2.05) is 13.0 Å². The standard InChI is InChI=1S/C13H16FN3O/c1-2-3-10(8-16)13(18)17-12-5-4-9(7-15)6-11(12)14/h4-6,10H,2-3,8,16H2,1H3,(H,17,18). The molecule has 0 fully saturated rings. The molecule has 0 spiro atoms. The molecular formula is C13H16FN3O. The van der Waals surface area contributed by atoms with E-state index >= 15 is 0 Å². The molecule has 4 nitrogen and oxygen atoms in total. The number of nitrogens with two attached hydrogens (primary N) is 1. The maximum absolute atomic E-state index is 13.6. The Hall–Kier alpha value is -1.93. The molecule has 0 aliphatic rings. The number of nitriles is 1. The number of hydrogen-bond acceptors (Lipinski definition) is 3. The second kappa shape index (κ2) is 6.72. The highest BCUT2D eigenvalue weighted by Gasteiger charge is 2.17. The maximum Gasteiger partial charge on any atom is 0.228 e. The van der Waals surface area contributed by atoms with Crippen LogP contribution in [0.25, 0.3) is 0 Å². The second-order valence-electron chi connectivity index (χ2n) is 4.02. The summed E-state index contributed by atoms with van der Waals surface area (Å²) in [6.45, 7) is 2.19. The molecule has 1 unspecified atom stereocenters. The summed E-state index contributed by atoms with van der Waals surface area (Å²) in [5.41, 5.74) is 5.79. The van der Waals surface area contributed by atoms with Gasteiger partial charge in [0, 0.05) is 6.54 Å². The number of hydrogen-bond donors (Lipinski definition) is 2. The van der Waals surface area contributed by atoms with Crippen LogP contribution in [0.4, 0.5) is 10.1 Å². The summed E-state index contributed by atoms with van der Waals surface area (Å²) in [7, 11) is 0. The molecule has 0 aromatic heterocycles. The topological polar surface area (TPSA) is 78.9 Å². The number of rotatable bonds is 5. The number of benzene rings is 1. The van der Waals surface area contributed by atoms with Gasteiger partial charge in [-0.2, -0.15) is 5.26 Å². The normalized spacial score (nSPS) is 11.7. The van der Waals surface area contributed by atoms with Crippen LogP contribution in [-0.4, -0.2) is 12.5 Å². The Kier molecular flexibility index (Phi) is 5.28. The Bertz CT molecular complexity index is 468. The van der Waals surface area contributed by atoms with Crippen LogP contribution < -0.4 is 11.1 Å². The molecule has 1 aromatic carbocycles. The molecule has 0 aliphatic heterocycles. The van der Waals surface area contributed by atoms with Gasteiger partial charge in [-0.25, -0.2) is 4.39 Å². The zero-order chi connectivity index (χ0) is 13.5. The number of nitrogens with zero attached hydrogens (tertiary/aromatic N) is 1. The summed E-state index contributed by atoms with van der Waals surface area (Å²) in [5, 5.41) is 11.1. The molecule has 5 heteroatoms. The Morgan fingerprint density at radius 2 is 2.33 bits per heavy atom. The van der Waals surface area contributed by atoms with Crippen LogP contribution in [-0.2, 0) is 4.79 Å². The quantitative estimate of drug-likeness (QED) is 0.837. The molecule has 0 saturated carbocycles. The minimum atomic E-state index is -0.616. The van der Waals surface area contributed by atoms with Crippen molar-refractivity contribution in [2.75, 3.05) is 11.9 Å². The third-order valence-electron chi connectivity index (χ3n) is 2.65. The third kappa shape index (κ3) is 3.54. The van der Waals surface area contributed by atoms with E-state index in [1.54, 1.807) is 0 Å². The van der Waals surface area contributed by atoms with Gasteiger partial charge in [0.05, 0.1) is 23.2 Å². The summed E-state index contributed by atoms with van der Waals surface area (Å²) in [6, 6.07) is 5.75. The van der Waals surface area contributed by atoms with E-state index in [1.165, 1.54) is 12.1 Å².